The Kier molecular flexibility index (Phi) is 3.55. The van der Waals surface area contributed by atoms with Gasteiger partial charge in [-0.15, -0.1) is 0 Å². The van der Waals surface area contributed by atoms with E-state index in [1.165, 1.54) is 0 Å². The molecule has 0 aliphatic heterocycles. The molecule has 0 amide bonds. The van der Waals surface area contributed by atoms with Crippen molar-refractivity contribution in [2.45, 2.75) is 6.42 Å². The maximum absolute atomic E-state index is 6.00. The van der Waals surface area contributed by atoms with Gasteiger partial charge in [0.25, 0.3) is 0 Å². The van der Waals surface area contributed by atoms with Gasteiger partial charge in [-0.2, -0.15) is 0 Å². The molecule has 0 radical (unpaired) electrons. The molecule has 0 saturated carbocycles. The number of ether oxygens (including phenoxy) is 1. The highest BCUT2D eigenvalue weighted by atomic mass is 35.5. The number of para-hydroxylation sites is 2. The third-order valence-corrected chi connectivity index (χ3v) is 3.05. The molecule has 0 aromatic heterocycles. The maximum atomic E-state index is 6.00. The molecule has 2 rings (SSSR count). The number of benzene rings is 2. The van der Waals surface area contributed by atoms with Crippen LogP contribution in [0.2, 0.25) is 5.02 Å². The zero-order valence-electron chi connectivity index (χ0n) is 9.61. The molecule has 0 unspecified atom stereocenters. The molecule has 0 fully saturated rings. The molecular weight excluding hydrogens is 234 g/mol. The topological polar surface area (TPSA) is 35.2 Å². The minimum Gasteiger partial charge on any atom is -0.496 e. The Morgan fingerprint density at radius 2 is 1.76 bits per heavy atom. The average molecular weight is 248 g/mol. The summed E-state index contributed by atoms with van der Waals surface area (Å²) in [6.45, 7) is 0. The van der Waals surface area contributed by atoms with Gasteiger partial charge in [0, 0.05) is 6.42 Å². The zero-order valence-corrected chi connectivity index (χ0v) is 10.4. The van der Waals surface area contributed by atoms with Crippen molar-refractivity contribution in [3.8, 4) is 5.75 Å². The van der Waals surface area contributed by atoms with Crippen LogP contribution in [0.3, 0.4) is 0 Å². The Labute approximate surface area is 106 Å². The summed E-state index contributed by atoms with van der Waals surface area (Å²) < 4.78 is 5.31. The summed E-state index contributed by atoms with van der Waals surface area (Å²) in [6, 6.07) is 13.6. The molecule has 0 saturated heterocycles. The Morgan fingerprint density at radius 3 is 2.53 bits per heavy atom. The van der Waals surface area contributed by atoms with E-state index in [2.05, 4.69) is 0 Å². The zero-order chi connectivity index (χ0) is 12.3. The number of nitrogens with two attached hydrogens (primary N) is 1. The number of anilines is 1. The molecule has 0 aliphatic rings. The van der Waals surface area contributed by atoms with Crippen LogP contribution in [0.1, 0.15) is 11.1 Å². The molecular formula is C14H14ClNO. The molecule has 17 heavy (non-hydrogen) atoms. The van der Waals surface area contributed by atoms with Crippen molar-refractivity contribution >= 4 is 17.3 Å². The van der Waals surface area contributed by atoms with Crippen molar-refractivity contribution in [3.05, 3.63) is 58.6 Å². The lowest BCUT2D eigenvalue weighted by atomic mass is 10.0. The average Bonchev–Trinajstić information content (AvgIpc) is 2.35. The third kappa shape index (κ3) is 2.53. The fourth-order valence-electron chi connectivity index (χ4n) is 1.79. The maximum Gasteiger partial charge on any atom is 0.122 e. The highest BCUT2D eigenvalue weighted by Crippen LogP contribution is 2.27. The quantitative estimate of drug-likeness (QED) is 0.843. The lowest BCUT2D eigenvalue weighted by Crippen LogP contribution is -1.98. The van der Waals surface area contributed by atoms with Gasteiger partial charge in [-0.25, -0.2) is 0 Å². The monoisotopic (exact) mass is 247 g/mol. The number of nitrogen functional groups attached to an aromatic ring is 1. The van der Waals surface area contributed by atoms with Crippen LogP contribution in [0, 0.1) is 0 Å². The van der Waals surface area contributed by atoms with Crippen molar-refractivity contribution in [2.24, 2.45) is 0 Å². The molecule has 0 aliphatic carbocycles. The minimum absolute atomic E-state index is 0.595. The van der Waals surface area contributed by atoms with Crippen LogP contribution in [0.25, 0.3) is 0 Å². The van der Waals surface area contributed by atoms with Crippen LogP contribution in [-0.2, 0) is 6.42 Å². The van der Waals surface area contributed by atoms with E-state index < -0.39 is 0 Å². The van der Waals surface area contributed by atoms with E-state index >= 15 is 0 Å². The molecule has 2 N–H and O–H groups in total. The number of hydrogen-bond acceptors (Lipinski definition) is 2. The molecule has 0 heterocycles. The fraction of sp³-hybridized carbons (Fsp3) is 0.143. The van der Waals surface area contributed by atoms with Gasteiger partial charge in [0.15, 0.2) is 0 Å². The second-order valence-corrected chi connectivity index (χ2v) is 4.21. The van der Waals surface area contributed by atoms with Crippen LogP contribution in [0.4, 0.5) is 5.69 Å². The van der Waals surface area contributed by atoms with Crippen molar-refractivity contribution < 1.29 is 4.74 Å². The molecule has 0 atom stereocenters. The van der Waals surface area contributed by atoms with Crippen molar-refractivity contribution in [1.29, 1.82) is 0 Å². The van der Waals surface area contributed by atoms with E-state index in [1.54, 1.807) is 13.2 Å². The first kappa shape index (κ1) is 11.8. The van der Waals surface area contributed by atoms with Crippen LogP contribution in [0.5, 0.6) is 5.75 Å². The van der Waals surface area contributed by atoms with Gasteiger partial charge in [0.2, 0.25) is 0 Å². The van der Waals surface area contributed by atoms with E-state index in [0.29, 0.717) is 10.7 Å². The van der Waals surface area contributed by atoms with E-state index in [9.17, 15) is 0 Å². The number of methoxy groups -OCH3 is 1. The minimum atomic E-state index is 0.595. The Bertz CT molecular complexity index is 525. The first-order valence-corrected chi connectivity index (χ1v) is 5.75. The third-order valence-electron chi connectivity index (χ3n) is 2.72. The van der Waals surface area contributed by atoms with Crippen LogP contribution in [0.15, 0.2) is 42.5 Å². The highest BCUT2D eigenvalue weighted by Gasteiger charge is 2.07. The van der Waals surface area contributed by atoms with Crippen molar-refractivity contribution in [1.82, 2.24) is 0 Å². The second kappa shape index (κ2) is 5.11. The highest BCUT2D eigenvalue weighted by molar-refractivity contribution is 6.33. The number of rotatable bonds is 3. The summed E-state index contributed by atoms with van der Waals surface area (Å²) in [4.78, 5) is 0. The predicted octanol–water partition coefficient (Wildman–Crippen LogP) is 3.52. The van der Waals surface area contributed by atoms with Gasteiger partial charge in [0.05, 0.1) is 17.8 Å². The van der Waals surface area contributed by atoms with Crippen LogP contribution >= 0.6 is 11.6 Å². The van der Waals surface area contributed by atoms with E-state index in [-0.39, 0.29) is 0 Å². The van der Waals surface area contributed by atoms with Crippen LogP contribution in [-0.4, -0.2) is 7.11 Å². The summed E-state index contributed by atoms with van der Waals surface area (Å²) in [7, 11) is 1.67. The van der Waals surface area contributed by atoms with E-state index in [4.69, 9.17) is 22.1 Å². The standard InChI is InChI=1S/C14H14ClNO/c1-17-13-8-3-2-5-10(13)9-11-6-4-7-12(15)14(11)16/h2-8H,9,16H2,1H3. The van der Waals surface area contributed by atoms with Gasteiger partial charge in [-0.05, 0) is 23.3 Å². The summed E-state index contributed by atoms with van der Waals surface area (Å²) >= 11 is 6.00. The number of halogens is 1. The first-order valence-electron chi connectivity index (χ1n) is 5.37. The smallest absolute Gasteiger partial charge is 0.122 e. The largest absolute Gasteiger partial charge is 0.496 e. The first-order chi connectivity index (χ1) is 8.22. The Morgan fingerprint density at radius 1 is 1.06 bits per heavy atom. The molecule has 2 nitrogen and oxygen atoms in total. The Balaban J connectivity index is 2.35. The van der Waals surface area contributed by atoms with Gasteiger partial charge in [0.1, 0.15) is 5.75 Å². The Hall–Kier alpha value is -1.67. The van der Waals surface area contributed by atoms with Crippen molar-refractivity contribution in [3.63, 3.8) is 0 Å². The van der Waals surface area contributed by atoms with Gasteiger partial charge < -0.3 is 10.5 Å². The van der Waals surface area contributed by atoms with E-state index in [0.717, 1.165) is 23.3 Å². The molecule has 0 spiro atoms. The second-order valence-electron chi connectivity index (χ2n) is 3.80. The molecule has 3 heteroatoms. The lowest BCUT2D eigenvalue weighted by Gasteiger charge is -2.10. The summed E-state index contributed by atoms with van der Waals surface area (Å²) in [6.07, 6.45) is 0.719. The van der Waals surface area contributed by atoms with Crippen LogP contribution < -0.4 is 10.5 Å². The molecule has 2 aromatic carbocycles. The summed E-state index contributed by atoms with van der Waals surface area (Å²) in [5.41, 5.74) is 8.70. The predicted molar refractivity (Wildman–Crippen MR) is 71.7 cm³/mol. The fourth-order valence-corrected chi connectivity index (χ4v) is 1.98. The van der Waals surface area contributed by atoms with Crippen molar-refractivity contribution in [2.75, 3.05) is 12.8 Å². The van der Waals surface area contributed by atoms with Gasteiger partial charge in [-0.3, -0.25) is 0 Å². The lowest BCUT2D eigenvalue weighted by molar-refractivity contribution is 0.410. The number of hydrogen-bond donors (Lipinski definition) is 1. The van der Waals surface area contributed by atoms with E-state index in [1.807, 2.05) is 36.4 Å². The SMILES string of the molecule is COc1ccccc1Cc1cccc(Cl)c1N. The summed E-state index contributed by atoms with van der Waals surface area (Å²) in [5, 5.41) is 0.595. The normalized spacial score (nSPS) is 10.2. The summed E-state index contributed by atoms with van der Waals surface area (Å²) in [5.74, 6) is 0.867. The van der Waals surface area contributed by atoms with Gasteiger partial charge >= 0.3 is 0 Å². The van der Waals surface area contributed by atoms with Gasteiger partial charge in [-0.1, -0.05) is 41.9 Å². The molecule has 0 bridgehead atoms. The molecule has 88 valence electrons. The molecule has 2 aromatic rings.